The number of benzene rings is 2. The zero-order valence-corrected chi connectivity index (χ0v) is 16.6. The Balaban J connectivity index is 1.60. The van der Waals surface area contributed by atoms with E-state index in [0.29, 0.717) is 23.5 Å². The van der Waals surface area contributed by atoms with Gasteiger partial charge in [0.25, 0.3) is 0 Å². The van der Waals surface area contributed by atoms with Gasteiger partial charge in [-0.25, -0.2) is 4.39 Å². The molecule has 5 heteroatoms. The van der Waals surface area contributed by atoms with Crippen molar-refractivity contribution in [2.24, 2.45) is 0 Å². The average Bonchev–Trinajstić information content (AvgIpc) is 2.78. The maximum absolute atomic E-state index is 14.6. The molecule has 2 heterocycles. The molecule has 2 aromatic carbocycles. The van der Waals surface area contributed by atoms with E-state index >= 15 is 0 Å². The zero-order chi connectivity index (χ0) is 20.1. The first kappa shape index (κ1) is 19.6. The standard InChI is InChI=1S/C24H27FN2O2/c25-20-12-7-11-19-22(20)21(17-28)26-23(18-9-3-1-4-10-18)24(19)29-16-8-15-27-13-5-2-6-14-27/h1,3-4,7,9-12,17,21,26H,2,5-6,8,13-16H2. The van der Waals surface area contributed by atoms with Crippen LogP contribution in [0.1, 0.15) is 48.4 Å². The van der Waals surface area contributed by atoms with Crippen molar-refractivity contribution >= 4 is 17.7 Å². The Morgan fingerprint density at radius 2 is 1.86 bits per heavy atom. The molecular formula is C24H27FN2O2. The van der Waals surface area contributed by atoms with Crippen LogP contribution >= 0.6 is 0 Å². The Bertz CT molecular complexity index is 876. The van der Waals surface area contributed by atoms with Gasteiger partial charge in [0.05, 0.1) is 12.3 Å². The molecule has 0 radical (unpaired) electrons. The molecule has 0 aliphatic carbocycles. The molecule has 4 nitrogen and oxygen atoms in total. The van der Waals surface area contributed by atoms with Gasteiger partial charge in [0.1, 0.15) is 18.1 Å². The predicted molar refractivity (Wildman–Crippen MR) is 112 cm³/mol. The van der Waals surface area contributed by atoms with Gasteiger partial charge in [0.15, 0.2) is 5.76 Å². The van der Waals surface area contributed by atoms with Crippen LogP contribution in [0.5, 0.6) is 0 Å². The summed E-state index contributed by atoms with van der Waals surface area (Å²) in [6, 6.07) is 13.9. The summed E-state index contributed by atoms with van der Waals surface area (Å²) in [5, 5.41) is 3.19. The summed E-state index contributed by atoms with van der Waals surface area (Å²) < 4.78 is 20.8. The van der Waals surface area contributed by atoms with Gasteiger partial charge in [-0.2, -0.15) is 0 Å². The number of rotatable bonds is 7. The van der Waals surface area contributed by atoms with Crippen molar-refractivity contribution in [1.29, 1.82) is 0 Å². The monoisotopic (exact) mass is 394 g/mol. The summed E-state index contributed by atoms with van der Waals surface area (Å²) in [6.45, 7) is 3.88. The number of hydrogen-bond acceptors (Lipinski definition) is 4. The summed E-state index contributed by atoms with van der Waals surface area (Å²) in [5.74, 6) is 0.219. The van der Waals surface area contributed by atoms with E-state index in [1.165, 1.54) is 25.3 Å². The molecule has 0 amide bonds. The van der Waals surface area contributed by atoms with Crippen molar-refractivity contribution in [2.75, 3.05) is 26.2 Å². The van der Waals surface area contributed by atoms with Crippen LogP contribution in [0.2, 0.25) is 0 Å². The Morgan fingerprint density at radius 3 is 2.62 bits per heavy atom. The van der Waals surface area contributed by atoms with Crippen LogP contribution in [0.25, 0.3) is 11.5 Å². The van der Waals surface area contributed by atoms with Crippen molar-refractivity contribution in [3.05, 3.63) is 71.0 Å². The Hall–Kier alpha value is -2.66. The van der Waals surface area contributed by atoms with Crippen LogP contribution in [0.15, 0.2) is 48.5 Å². The van der Waals surface area contributed by atoms with E-state index in [-0.39, 0.29) is 0 Å². The van der Waals surface area contributed by atoms with Crippen molar-refractivity contribution in [3.8, 4) is 0 Å². The van der Waals surface area contributed by atoms with Gasteiger partial charge < -0.3 is 19.7 Å². The largest absolute Gasteiger partial charge is 0.491 e. The predicted octanol–water partition coefficient (Wildman–Crippen LogP) is 4.39. The van der Waals surface area contributed by atoms with Crippen molar-refractivity contribution in [1.82, 2.24) is 10.2 Å². The van der Waals surface area contributed by atoms with E-state index in [1.54, 1.807) is 6.07 Å². The second-order valence-electron chi connectivity index (χ2n) is 7.63. The van der Waals surface area contributed by atoms with Gasteiger partial charge in [-0.3, -0.25) is 0 Å². The molecule has 0 spiro atoms. The fourth-order valence-corrected chi connectivity index (χ4v) is 4.20. The lowest BCUT2D eigenvalue weighted by Gasteiger charge is -2.30. The van der Waals surface area contributed by atoms with E-state index in [4.69, 9.17) is 4.74 Å². The molecule has 1 N–H and O–H groups in total. The van der Waals surface area contributed by atoms with Crippen molar-refractivity contribution in [3.63, 3.8) is 0 Å². The Morgan fingerprint density at radius 1 is 1.07 bits per heavy atom. The van der Waals surface area contributed by atoms with Crippen molar-refractivity contribution in [2.45, 2.75) is 31.7 Å². The average molecular weight is 394 g/mol. The molecule has 4 rings (SSSR count). The topological polar surface area (TPSA) is 41.6 Å². The third-order valence-electron chi connectivity index (χ3n) is 5.65. The van der Waals surface area contributed by atoms with E-state index < -0.39 is 11.9 Å². The number of nitrogens with one attached hydrogen (secondary N) is 1. The zero-order valence-electron chi connectivity index (χ0n) is 16.6. The maximum Gasteiger partial charge on any atom is 0.150 e. The van der Waals surface area contributed by atoms with E-state index in [9.17, 15) is 9.18 Å². The third kappa shape index (κ3) is 4.35. The number of carbonyl (C=O) groups is 1. The SMILES string of the molecule is O=CC1NC(c2ccccc2)=C(OCCCN2CCCCC2)c2cccc(F)c21. The first-order valence-corrected chi connectivity index (χ1v) is 10.4. The second-order valence-corrected chi connectivity index (χ2v) is 7.63. The summed E-state index contributed by atoms with van der Waals surface area (Å²) in [6.07, 6.45) is 5.53. The van der Waals surface area contributed by atoms with Crippen LogP contribution in [0.4, 0.5) is 4.39 Å². The molecule has 29 heavy (non-hydrogen) atoms. The Labute approximate surface area is 171 Å². The molecule has 1 fully saturated rings. The van der Waals surface area contributed by atoms with E-state index in [0.717, 1.165) is 43.6 Å². The smallest absolute Gasteiger partial charge is 0.150 e. The molecule has 2 aliphatic rings. The number of halogens is 1. The van der Waals surface area contributed by atoms with Crippen LogP contribution in [0, 0.1) is 5.82 Å². The van der Waals surface area contributed by atoms with Crippen LogP contribution in [-0.4, -0.2) is 37.4 Å². The number of hydrogen-bond donors (Lipinski definition) is 1. The fourth-order valence-electron chi connectivity index (χ4n) is 4.20. The highest BCUT2D eigenvalue weighted by Crippen LogP contribution is 2.37. The van der Waals surface area contributed by atoms with Gasteiger partial charge in [-0.15, -0.1) is 0 Å². The molecular weight excluding hydrogens is 367 g/mol. The number of ether oxygens (including phenoxy) is 1. The van der Waals surface area contributed by atoms with Crippen LogP contribution in [0.3, 0.4) is 0 Å². The summed E-state index contributed by atoms with van der Waals surface area (Å²) >= 11 is 0. The van der Waals surface area contributed by atoms with E-state index in [2.05, 4.69) is 10.2 Å². The minimum Gasteiger partial charge on any atom is -0.491 e. The van der Waals surface area contributed by atoms with Crippen LogP contribution in [-0.2, 0) is 9.53 Å². The molecule has 0 bridgehead atoms. The lowest BCUT2D eigenvalue weighted by molar-refractivity contribution is -0.109. The summed E-state index contributed by atoms with van der Waals surface area (Å²) in [4.78, 5) is 14.2. The number of nitrogens with zero attached hydrogens (tertiary/aromatic N) is 1. The highest BCUT2D eigenvalue weighted by molar-refractivity contribution is 5.92. The summed E-state index contributed by atoms with van der Waals surface area (Å²) in [5.41, 5.74) is 2.66. The fraction of sp³-hybridized carbons (Fsp3) is 0.375. The number of piperidine rings is 1. The molecule has 152 valence electrons. The lowest BCUT2D eigenvalue weighted by Crippen LogP contribution is -2.31. The minimum atomic E-state index is -0.734. The highest BCUT2D eigenvalue weighted by Gasteiger charge is 2.30. The molecule has 1 atom stereocenters. The molecule has 0 saturated carbocycles. The molecule has 1 unspecified atom stereocenters. The third-order valence-corrected chi connectivity index (χ3v) is 5.65. The maximum atomic E-state index is 14.6. The highest BCUT2D eigenvalue weighted by atomic mass is 19.1. The number of aldehydes is 1. The van der Waals surface area contributed by atoms with Crippen molar-refractivity contribution < 1.29 is 13.9 Å². The first-order valence-electron chi connectivity index (χ1n) is 10.4. The lowest BCUT2D eigenvalue weighted by atomic mass is 9.92. The molecule has 2 aromatic rings. The normalized spacial score (nSPS) is 19.4. The quantitative estimate of drug-likeness (QED) is 0.559. The van der Waals surface area contributed by atoms with Crippen LogP contribution < -0.4 is 5.32 Å². The molecule has 1 saturated heterocycles. The first-order chi connectivity index (χ1) is 14.3. The number of carbonyl (C=O) groups excluding carboxylic acids is 1. The van der Waals surface area contributed by atoms with Gasteiger partial charge in [0, 0.05) is 23.2 Å². The van der Waals surface area contributed by atoms with Gasteiger partial charge in [0.2, 0.25) is 0 Å². The minimum absolute atomic E-state index is 0.355. The second kappa shape index (κ2) is 9.23. The molecule has 2 aliphatic heterocycles. The van der Waals surface area contributed by atoms with Gasteiger partial charge in [-0.1, -0.05) is 48.9 Å². The van der Waals surface area contributed by atoms with Gasteiger partial charge in [-0.05, 0) is 38.4 Å². The molecule has 0 aromatic heterocycles. The Kier molecular flexibility index (Phi) is 6.25. The van der Waals surface area contributed by atoms with E-state index in [1.807, 2.05) is 36.4 Å². The number of fused-ring (bicyclic) bond motifs is 1. The summed E-state index contributed by atoms with van der Waals surface area (Å²) in [7, 11) is 0. The van der Waals surface area contributed by atoms with Gasteiger partial charge >= 0.3 is 0 Å². The number of likely N-dealkylation sites (tertiary alicyclic amines) is 1.